The Balaban J connectivity index is 1.64. The molecule has 3 rings (SSSR count). The Labute approximate surface area is 178 Å². The molecular weight excluding hydrogens is 442 g/mol. The van der Waals surface area contributed by atoms with Crippen molar-refractivity contribution in [2.24, 2.45) is 29.1 Å². The molecule has 2 aliphatic carbocycles. The normalized spacial score (nSPS) is 32.1. The Bertz CT molecular complexity index is 870. The van der Waals surface area contributed by atoms with Crippen molar-refractivity contribution in [3.63, 3.8) is 0 Å². The number of hydrogen-bond donors (Lipinski definition) is 1. The van der Waals surface area contributed by atoms with Crippen molar-refractivity contribution in [2.75, 3.05) is 6.61 Å². The third-order valence-corrected chi connectivity index (χ3v) is 7.69. The standard InChI is InChI=1S/C19H26F2O9S/c1-4-18(2,3)17(24)30-14-9-8-10-12(16(23)29-13(10)14)11(9)15(22)28-7-5-6-19(20,21)31(25,26)27/h9-14H,4-8H2,1-3H3,(H,25,26,27). The quantitative estimate of drug-likeness (QED) is 0.233. The van der Waals surface area contributed by atoms with E-state index in [-0.39, 0.29) is 5.92 Å². The summed E-state index contributed by atoms with van der Waals surface area (Å²) in [6.07, 6.45) is -2.18. The van der Waals surface area contributed by atoms with Crippen LogP contribution in [0.4, 0.5) is 8.78 Å². The molecule has 6 unspecified atom stereocenters. The van der Waals surface area contributed by atoms with Gasteiger partial charge in [-0.1, -0.05) is 6.92 Å². The van der Waals surface area contributed by atoms with Gasteiger partial charge in [-0.15, -0.1) is 0 Å². The first-order valence-corrected chi connectivity index (χ1v) is 11.6. The molecule has 3 fully saturated rings. The zero-order valence-electron chi connectivity index (χ0n) is 17.4. The van der Waals surface area contributed by atoms with Gasteiger partial charge in [-0.05, 0) is 33.1 Å². The van der Waals surface area contributed by atoms with E-state index in [1.54, 1.807) is 13.8 Å². The Morgan fingerprint density at radius 2 is 1.90 bits per heavy atom. The smallest absolute Gasteiger partial charge is 0.370 e. The van der Waals surface area contributed by atoms with E-state index in [4.69, 9.17) is 18.8 Å². The summed E-state index contributed by atoms with van der Waals surface area (Å²) in [7, 11) is -5.56. The predicted molar refractivity (Wildman–Crippen MR) is 99.1 cm³/mol. The monoisotopic (exact) mass is 468 g/mol. The van der Waals surface area contributed by atoms with Crippen molar-refractivity contribution in [1.29, 1.82) is 0 Å². The molecule has 9 nitrogen and oxygen atoms in total. The summed E-state index contributed by atoms with van der Waals surface area (Å²) in [6, 6.07) is 0. The minimum absolute atomic E-state index is 0.290. The van der Waals surface area contributed by atoms with Crippen molar-refractivity contribution < 1.29 is 50.3 Å². The highest BCUT2D eigenvalue weighted by molar-refractivity contribution is 7.86. The molecular formula is C19H26F2O9S. The van der Waals surface area contributed by atoms with Crippen LogP contribution >= 0.6 is 0 Å². The van der Waals surface area contributed by atoms with Gasteiger partial charge in [-0.2, -0.15) is 17.2 Å². The molecule has 176 valence electrons. The first-order chi connectivity index (χ1) is 14.2. The number of ether oxygens (including phenoxy) is 3. The number of halogens is 2. The van der Waals surface area contributed by atoms with Crippen LogP contribution < -0.4 is 0 Å². The van der Waals surface area contributed by atoms with Crippen LogP contribution in [0.25, 0.3) is 0 Å². The summed E-state index contributed by atoms with van der Waals surface area (Å²) in [4.78, 5) is 37.5. The maximum atomic E-state index is 13.3. The van der Waals surface area contributed by atoms with Crippen LogP contribution in [0.5, 0.6) is 0 Å². The Hall–Kier alpha value is -1.82. The second kappa shape index (κ2) is 7.95. The summed E-state index contributed by atoms with van der Waals surface area (Å²) in [6.45, 7) is 4.76. The lowest BCUT2D eigenvalue weighted by atomic mass is 9.78. The molecule has 2 saturated carbocycles. The van der Waals surface area contributed by atoms with Crippen molar-refractivity contribution in [3.8, 4) is 0 Å². The van der Waals surface area contributed by atoms with E-state index in [0.29, 0.717) is 12.8 Å². The van der Waals surface area contributed by atoms with Crippen molar-refractivity contribution in [3.05, 3.63) is 0 Å². The molecule has 1 aliphatic heterocycles. The highest BCUT2D eigenvalue weighted by atomic mass is 32.2. The first kappa shape index (κ1) is 23.8. The maximum absolute atomic E-state index is 13.3. The Kier molecular flexibility index (Phi) is 6.11. The van der Waals surface area contributed by atoms with Gasteiger partial charge in [-0.3, -0.25) is 18.9 Å². The van der Waals surface area contributed by atoms with Gasteiger partial charge in [0.25, 0.3) is 0 Å². The Morgan fingerprint density at radius 1 is 1.26 bits per heavy atom. The second-order valence-corrected chi connectivity index (χ2v) is 10.6. The fraction of sp³-hybridized carbons (Fsp3) is 0.842. The van der Waals surface area contributed by atoms with Gasteiger partial charge in [-0.25, -0.2) is 0 Å². The molecule has 6 atom stereocenters. The van der Waals surface area contributed by atoms with Crippen LogP contribution in [-0.4, -0.2) is 54.9 Å². The van der Waals surface area contributed by atoms with E-state index in [1.165, 1.54) is 0 Å². The number of rotatable bonds is 9. The van der Waals surface area contributed by atoms with Gasteiger partial charge in [0.1, 0.15) is 12.2 Å². The van der Waals surface area contributed by atoms with Gasteiger partial charge in [0.2, 0.25) is 0 Å². The highest BCUT2D eigenvalue weighted by Crippen LogP contribution is 2.59. The number of carbonyl (C=O) groups is 3. The molecule has 2 bridgehead atoms. The maximum Gasteiger partial charge on any atom is 0.370 e. The van der Waals surface area contributed by atoms with Crippen LogP contribution in [-0.2, 0) is 38.7 Å². The van der Waals surface area contributed by atoms with Crippen LogP contribution in [0, 0.1) is 29.1 Å². The fourth-order valence-corrected chi connectivity index (χ4v) is 4.97. The third kappa shape index (κ3) is 4.15. The summed E-state index contributed by atoms with van der Waals surface area (Å²) >= 11 is 0. The SMILES string of the molecule is CCC(C)(C)C(=O)OC1C2CC3C1OC(=O)C3C2C(=O)OCCCC(F)(F)S(=O)(=O)O. The summed E-state index contributed by atoms with van der Waals surface area (Å²) in [5.74, 6) is -4.30. The number of esters is 3. The summed E-state index contributed by atoms with van der Waals surface area (Å²) in [5.41, 5.74) is -0.752. The fourth-order valence-electron chi connectivity index (χ4n) is 4.57. The lowest BCUT2D eigenvalue weighted by Crippen LogP contribution is -2.45. The number of hydrogen-bond acceptors (Lipinski definition) is 8. The molecule has 0 spiro atoms. The van der Waals surface area contributed by atoms with Crippen LogP contribution in [0.3, 0.4) is 0 Å². The van der Waals surface area contributed by atoms with Gasteiger partial charge in [0.15, 0.2) is 0 Å². The van der Waals surface area contributed by atoms with Crippen molar-refractivity contribution in [2.45, 2.75) is 63.9 Å². The van der Waals surface area contributed by atoms with Gasteiger partial charge in [0.05, 0.1) is 23.9 Å². The predicted octanol–water partition coefficient (Wildman–Crippen LogP) is 1.95. The van der Waals surface area contributed by atoms with Gasteiger partial charge >= 0.3 is 33.3 Å². The number of alkyl halides is 2. The van der Waals surface area contributed by atoms with Crippen molar-refractivity contribution in [1.82, 2.24) is 0 Å². The van der Waals surface area contributed by atoms with Crippen LogP contribution in [0.2, 0.25) is 0 Å². The molecule has 1 N–H and O–H groups in total. The van der Waals surface area contributed by atoms with E-state index >= 15 is 0 Å². The van der Waals surface area contributed by atoms with E-state index < -0.39 is 88.1 Å². The minimum Gasteiger partial charge on any atom is -0.465 e. The van der Waals surface area contributed by atoms with E-state index in [0.717, 1.165) is 0 Å². The molecule has 0 aromatic carbocycles. The molecule has 1 saturated heterocycles. The average Bonchev–Trinajstić information content (AvgIpc) is 3.27. The molecule has 3 aliphatic rings. The van der Waals surface area contributed by atoms with Gasteiger partial charge in [0, 0.05) is 18.3 Å². The van der Waals surface area contributed by atoms with E-state index in [1.807, 2.05) is 6.92 Å². The third-order valence-electron chi connectivity index (χ3n) is 6.73. The molecule has 0 amide bonds. The lowest BCUT2D eigenvalue weighted by Gasteiger charge is -2.32. The van der Waals surface area contributed by atoms with Gasteiger partial charge < -0.3 is 14.2 Å². The van der Waals surface area contributed by atoms with Crippen LogP contribution in [0.1, 0.15) is 46.5 Å². The largest absolute Gasteiger partial charge is 0.465 e. The van der Waals surface area contributed by atoms with E-state index in [9.17, 15) is 31.6 Å². The molecule has 0 radical (unpaired) electrons. The minimum atomic E-state index is -5.56. The first-order valence-electron chi connectivity index (χ1n) is 10.1. The zero-order valence-corrected chi connectivity index (χ0v) is 18.2. The van der Waals surface area contributed by atoms with Crippen LogP contribution in [0.15, 0.2) is 0 Å². The lowest BCUT2D eigenvalue weighted by molar-refractivity contribution is -0.173. The number of carbonyl (C=O) groups excluding carboxylic acids is 3. The highest BCUT2D eigenvalue weighted by Gasteiger charge is 2.70. The number of fused-ring (bicyclic) bond motifs is 1. The molecule has 0 aromatic heterocycles. The molecule has 31 heavy (non-hydrogen) atoms. The zero-order chi connectivity index (χ0) is 23.4. The average molecular weight is 468 g/mol. The summed E-state index contributed by atoms with van der Waals surface area (Å²) < 4.78 is 72.3. The van der Waals surface area contributed by atoms with E-state index in [2.05, 4.69) is 0 Å². The second-order valence-electron chi connectivity index (χ2n) is 9.01. The molecule has 1 heterocycles. The Morgan fingerprint density at radius 3 is 2.48 bits per heavy atom. The molecule has 0 aromatic rings. The summed E-state index contributed by atoms with van der Waals surface area (Å²) in [5, 5.41) is -4.35. The van der Waals surface area contributed by atoms with Crippen molar-refractivity contribution >= 4 is 28.0 Å². The molecule has 12 heteroatoms. The topological polar surface area (TPSA) is 133 Å².